The Morgan fingerprint density at radius 1 is 1.50 bits per heavy atom. The summed E-state index contributed by atoms with van der Waals surface area (Å²) in [6, 6.07) is 1.57. The lowest BCUT2D eigenvalue weighted by Crippen LogP contribution is -2.11. The minimum absolute atomic E-state index is 0.306. The van der Waals surface area contributed by atoms with Crippen molar-refractivity contribution >= 4 is 27.7 Å². The van der Waals surface area contributed by atoms with Crippen molar-refractivity contribution in [2.24, 2.45) is 0 Å². The standard InChI is InChI=1S/C10H9BrN2O3/c1-5-6(2)13-16-10(5)12-9(14)7-3-4-15-8(7)11/h3-4H,1-2H3,(H,12,14). The Hall–Kier alpha value is -1.56. The first-order chi connectivity index (χ1) is 7.59. The predicted molar refractivity (Wildman–Crippen MR) is 60.3 cm³/mol. The molecule has 5 nitrogen and oxygen atoms in total. The van der Waals surface area contributed by atoms with Crippen molar-refractivity contribution in [2.45, 2.75) is 13.8 Å². The Balaban J connectivity index is 2.20. The van der Waals surface area contributed by atoms with Crippen LogP contribution in [0, 0.1) is 13.8 Å². The smallest absolute Gasteiger partial charge is 0.262 e. The van der Waals surface area contributed by atoms with Crippen molar-refractivity contribution in [1.82, 2.24) is 5.16 Å². The van der Waals surface area contributed by atoms with E-state index in [0.29, 0.717) is 16.1 Å². The predicted octanol–water partition coefficient (Wildman–Crippen LogP) is 2.90. The minimum atomic E-state index is -0.306. The van der Waals surface area contributed by atoms with Crippen LogP contribution < -0.4 is 5.32 Å². The average Bonchev–Trinajstić information content (AvgIpc) is 2.79. The average molecular weight is 285 g/mol. The molecule has 16 heavy (non-hydrogen) atoms. The molecule has 0 aliphatic rings. The van der Waals surface area contributed by atoms with Crippen LogP contribution in [0.2, 0.25) is 0 Å². The first-order valence-electron chi connectivity index (χ1n) is 4.57. The Labute approximate surface area is 99.9 Å². The number of aromatic nitrogens is 1. The Kier molecular flexibility index (Phi) is 2.82. The van der Waals surface area contributed by atoms with E-state index in [0.717, 1.165) is 11.3 Å². The van der Waals surface area contributed by atoms with Crippen molar-refractivity contribution < 1.29 is 13.7 Å². The summed E-state index contributed by atoms with van der Waals surface area (Å²) in [5.74, 6) is 0.0514. The molecule has 0 aliphatic heterocycles. The van der Waals surface area contributed by atoms with E-state index in [-0.39, 0.29) is 5.91 Å². The fourth-order valence-corrected chi connectivity index (χ4v) is 1.58. The van der Waals surface area contributed by atoms with Gasteiger partial charge in [0, 0.05) is 5.56 Å². The van der Waals surface area contributed by atoms with Crippen LogP contribution in [0.15, 0.2) is 25.9 Å². The van der Waals surface area contributed by atoms with Gasteiger partial charge >= 0.3 is 0 Å². The molecular weight excluding hydrogens is 276 g/mol. The van der Waals surface area contributed by atoms with E-state index in [4.69, 9.17) is 8.94 Å². The number of furan rings is 1. The maximum atomic E-state index is 11.8. The number of carbonyl (C=O) groups excluding carboxylic acids is 1. The minimum Gasteiger partial charge on any atom is -0.457 e. The van der Waals surface area contributed by atoms with E-state index in [1.165, 1.54) is 6.26 Å². The number of anilines is 1. The quantitative estimate of drug-likeness (QED) is 0.921. The van der Waals surface area contributed by atoms with Gasteiger partial charge in [0.1, 0.15) is 0 Å². The first-order valence-corrected chi connectivity index (χ1v) is 5.36. The molecule has 0 saturated heterocycles. The first kappa shape index (κ1) is 10.9. The third kappa shape index (κ3) is 1.88. The van der Waals surface area contributed by atoms with Crippen LogP contribution >= 0.6 is 15.9 Å². The zero-order chi connectivity index (χ0) is 11.7. The molecule has 2 rings (SSSR count). The maximum absolute atomic E-state index is 11.8. The number of amides is 1. The summed E-state index contributed by atoms with van der Waals surface area (Å²) >= 11 is 3.13. The van der Waals surface area contributed by atoms with Crippen molar-refractivity contribution in [3.63, 3.8) is 0 Å². The molecule has 0 fully saturated rings. The van der Waals surface area contributed by atoms with Crippen LogP contribution in [0.5, 0.6) is 0 Å². The Morgan fingerprint density at radius 3 is 2.75 bits per heavy atom. The van der Waals surface area contributed by atoms with Crippen LogP contribution in [0.4, 0.5) is 5.88 Å². The lowest BCUT2D eigenvalue weighted by Gasteiger charge is -1.99. The number of carbonyl (C=O) groups is 1. The number of rotatable bonds is 2. The van der Waals surface area contributed by atoms with Crippen molar-refractivity contribution in [3.05, 3.63) is 33.8 Å². The van der Waals surface area contributed by atoms with Gasteiger partial charge in [0.15, 0.2) is 4.67 Å². The molecule has 0 bridgehead atoms. The van der Waals surface area contributed by atoms with E-state index in [9.17, 15) is 4.79 Å². The summed E-state index contributed by atoms with van der Waals surface area (Å²) < 4.78 is 10.3. The highest BCUT2D eigenvalue weighted by molar-refractivity contribution is 9.10. The zero-order valence-corrected chi connectivity index (χ0v) is 10.3. The van der Waals surface area contributed by atoms with Crippen molar-refractivity contribution in [1.29, 1.82) is 0 Å². The molecule has 0 atom stereocenters. The Morgan fingerprint density at radius 2 is 2.25 bits per heavy atom. The number of aryl methyl sites for hydroxylation is 1. The molecule has 0 saturated carbocycles. The molecular formula is C10H9BrN2O3. The maximum Gasteiger partial charge on any atom is 0.262 e. The van der Waals surface area contributed by atoms with Gasteiger partial charge in [-0.1, -0.05) is 5.16 Å². The monoisotopic (exact) mass is 284 g/mol. The van der Waals surface area contributed by atoms with E-state index < -0.39 is 0 Å². The SMILES string of the molecule is Cc1noc(NC(=O)c2ccoc2Br)c1C. The molecule has 2 aromatic rings. The fraction of sp³-hybridized carbons (Fsp3) is 0.200. The highest BCUT2D eigenvalue weighted by Gasteiger charge is 2.16. The number of halogens is 1. The molecule has 1 N–H and O–H groups in total. The number of nitrogens with one attached hydrogen (secondary N) is 1. The Bertz CT molecular complexity index is 530. The van der Waals surface area contributed by atoms with Gasteiger partial charge < -0.3 is 8.94 Å². The van der Waals surface area contributed by atoms with E-state index in [1.54, 1.807) is 6.07 Å². The summed E-state index contributed by atoms with van der Waals surface area (Å²) in [6.45, 7) is 3.63. The van der Waals surface area contributed by atoms with Gasteiger partial charge in [0.2, 0.25) is 5.88 Å². The second-order valence-electron chi connectivity index (χ2n) is 3.28. The van der Waals surface area contributed by atoms with Gasteiger partial charge in [-0.25, -0.2) is 0 Å². The topological polar surface area (TPSA) is 68.3 Å². The van der Waals surface area contributed by atoms with Crippen LogP contribution in [0.3, 0.4) is 0 Å². The molecule has 0 radical (unpaired) electrons. The summed E-state index contributed by atoms with van der Waals surface area (Å²) in [5.41, 5.74) is 1.97. The van der Waals surface area contributed by atoms with E-state index in [1.807, 2.05) is 13.8 Å². The summed E-state index contributed by atoms with van der Waals surface area (Å²) in [4.78, 5) is 11.8. The third-order valence-corrected chi connectivity index (χ3v) is 2.86. The van der Waals surface area contributed by atoms with Gasteiger partial charge in [0.25, 0.3) is 5.91 Å². The lowest BCUT2D eigenvalue weighted by molar-refractivity contribution is 0.102. The zero-order valence-electron chi connectivity index (χ0n) is 8.70. The molecule has 1 amide bonds. The summed E-state index contributed by atoms with van der Waals surface area (Å²) in [7, 11) is 0. The van der Waals surface area contributed by atoms with Crippen LogP contribution in [0.1, 0.15) is 21.6 Å². The molecule has 2 heterocycles. The number of hydrogen-bond donors (Lipinski definition) is 1. The van der Waals surface area contributed by atoms with Gasteiger partial charge in [0.05, 0.1) is 17.5 Å². The molecule has 2 aromatic heterocycles. The van der Waals surface area contributed by atoms with Gasteiger partial charge in [-0.05, 0) is 35.8 Å². The molecule has 6 heteroatoms. The molecule has 0 unspecified atom stereocenters. The van der Waals surface area contributed by atoms with Gasteiger partial charge in [-0.3, -0.25) is 10.1 Å². The van der Waals surface area contributed by atoms with Crippen LogP contribution in [-0.2, 0) is 0 Å². The molecule has 0 spiro atoms. The van der Waals surface area contributed by atoms with Gasteiger partial charge in [-0.15, -0.1) is 0 Å². The van der Waals surface area contributed by atoms with Gasteiger partial charge in [-0.2, -0.15) is 0 Å². The molecule has 84 valence electrons. The van der Waals surface area contributed by atoms with Crippen molar-refractivity contribution in [3.8, 4) is 0 Å². The largest absolute Gasteiger partial charge is 0.457 e. The van der Waals surface area contributed by atoms with Crippen molar-refractivity contribution in [2.75, 3.05) is 5.32 Å². The normalized spacial score (nSPS) is 10.4. The van der Waals surface area contributed by atoms with Crippen LogP contribution in [0.25, 0.3) is 0 Å². The second kappa shape index (κ2) is 4.13. The fourth-order valence-electron chi connectivity index (χ4n) is 1.16. The summed E-state index contributed by atoms with van der Waals surface area (Å²) in [6.07, 6.45) is 1.43. The lowest BCUT2D eigenvalue weighted by atomic mass is 10.2. The van der Waals surface area contributed by atoms with Crippen LogP contribution in [-0.4, -0.2) is 11.1 Å². The van der Waals surface area contributed by atoms with E-state index >= 15 is 0 Å². The summed E-state index contributed by atoms with van der Waals surface area (Å²) in [5, 5.41) is 6.36. The number of nitrogens with zero attached hydrogens (tertiary/aromatic N) is 1. The highest BCUT2D eigenvalue weighted by atomic mass is 79.9. The molecule has 0 aromatic carbocycles. The van der Waals surface area contributed by atoms with E-state index in [2.05, 4.69) is 26.4 Å². The number of hydrogen-bond acceptors (Lipinski definition) is 4. The highest BCUT2D eigenvalue weighted by Crippen LogP contribution is 2.21. The third-order valence-electron chi connectivity index (χ3n) is 2.25. The molecule has 0 aliphatic carbocycles. The second-order valence-corrected chi connectivity index (χ2v) is 4.00.